The molecule has 15 heavy (non-hydrogen) atoms. The Bertz CT molecular complexity index is 183. The third-order valence-corrected chi connectivity index (χ3v) is 1.28. The number of alkyl halides is 2. The lowest BCUT2D eigenvalue weighted by Crippen LogP contribution is -2.07. The first-order valence-corrected chi connectivity index (χ1v) is 5.38. The van der Waals surface area contributed by atoms with Gasteiger partial charge in [-0.1, -0.05) is 0 Å². The third kappa shape index (κ3) is 19.8. The molecule has 0 aromatic carbocycles. The van der Waals surface area contributed by atoms with Crippen LogP contribution in [0.25, 0.3) is 0 Å². The molecule has 0 fully saturated rings. The van der Waals surface area contributed by atoms with E-state index < -0.39 is 4.84 Å². The summed E-state index contributed by atoms with van der Waals surface area (Å²) in [6.07, 6.45) is 0.0664. The van der Waals surface area contributed by atoms with Crippen LogP contribution in [0.2, 0.25) is 0 Å². The Morgan fingerprint density at radius 1 is 1.13 bits per heavy atom. The molecule has 0 unspecified atom stereocenters. The van der Waals surface area contributed by atoms with Crippen LogP contribution < -0.4 is 0 Å². The van der Waals surface area contributed by atoms with Crippen LogP contribution >= 0.6 is 23.2 Å². The fourth-order valence-corrected chi connectivity index (χ4v) is 0.801. The Labute approximate surface area is 99.8 Å². The van der Waals surface area contributed by atoms with Crippen molar-refractivity contribution in [3.8, 4) is 0 Å². The zero-order chi connectivity index (χ0) is 12.3. The Morgan fingerprint density at radius 2 is 1.60 bits per heavy atom. The lowest BCUT2D eigenvalue weighted by atomic mass is 10.5. The standard InChI is InChI=1S/C5H8Cl2O2.C4H8O2/c1-2-9-5(8)3-4(6)7;1-3-6-4(2)5/h4H,2-3H2,1H3;3H2,1-2H3. The average Bonchev–Trinajstić information content (AvgIpc) is 2.03. The molecule has 0 spiro atoms. The highest BCUT2D eigenvalue weighted by Crippen LogP contribution is 2.07. The number of rotatable bonds is 4. The zero-order valence-corrected chi connectivity index (χ0v) is 10.6. The minimum Gasteiger partial charge on any atom is -0.466 e. The molecule has 0 aliphatic rings. The van der Waals surface area contributed by atoms with Crippen LogP contribution in [0.15, 0.2) is 0 Å². The highest BCUT2D eigenvalue weighted by molar-refractivity contribution is 6.45. The highest BCUT2D eigenvalue weighted by atomic mass is 35.5. The molecule has 0 aromatic rings. The van der Waals surface area contributed by atoms with E-state index >= 15 is 0 Å². The lowest BCUT2D eigenvalue weighted by molar-refractivity contribution is -0.143. The Hall–Kier alpha value is -0.480. The van der Waals surface area contributed by atoms with Gasteiger partial charge in [-0.05, 0) is 13.8 Å². The third-order valence-electron chi connectivity index (χ3n) is 0.974. The molecule has 0 rings (SSSR count). The second-order valence-corrected chi connectivity index (χ2v) is 3.60. The Kier molecular flexibility index (Phi) is 13.1. The van der Waals surface area contributed by atoms with Crippen LogP contribution in [-0.4, -0.2) is 30.0 Å². The predicted molar refractivity (Wildman–Crippen MR) is 59.1 cm³/mol. The number of carbonyl (C=O) groups is 2. The minimum atomic E-state index is -0.649. The summed E-state index contributed by atoms with van der Waals surface area (Å²) in [4.78, 5) is 19.6. The van der Waals surface area contributed by atoms with Gasteiger partial charge in [-0.3, -0.25) is 9.59 Å². The molecular formula is C9H16Cl2O4. The Balaban J connectivity index is 0. The van der Waals surface area contributed by atoms with E-state index in [4.69, 9.17) is 23.2 Å². The van der Waals surface area contributed by atoms with E-state index in [1.807, 2.05) is 0 Å². The van der Waals surface area contributed by atoms with Gasteiger partial charge in [0.25, 0.3) is 0 Å². The summed E-state index contributed by atoms with van der Waals surface area (Å²) >= 11 is 10.5. The van der Waals surface area contributed by atoms with Gasteiger partial charge in [0, 0.05) is 6.92 Å². The molecule has 0 aliphatic carbocycles. The molecule has 0 amide bonds. The summed E-state index contributed by atoms with van der Waals surface area (Å²) in [6, 6.07) is 0. The van der Waals surface area contributed by atoms with Crippen molar-refractivity contribution in [2.75, 3.05) is 13.2 Å². The summed E-state index contributed by atoms with van der Waals surface area (Å²) < 4.78 is 8.95. The van der Waals surface area contributed by atoms with Gasteiger partial charge in [-0.25, -0.2) is 0 Å². The van der Waals surface area contributed by atoms with Crippen LogP contribution in [0, 0.1) is 0 Å². The number of esters is 2. The van der Waals surface area contributed by atoms with Crippen LogP contribution in [0.5, 0.6) is 0 Å². The molecule has 0 aliphatic heterocycles. The number of hydrogen-bond donors (Lipinski definition) is 0. The van der Waals surface area contributed by atoms with Crippen LogP contribution in [-0.2, 0) is 19.1 Å². The summed E-state index contributed by atoms with van der Waals surface area (Å²) in [6.45, 7) is 5.76. The van der Waals surface area contributed by atoms with Gasteiger partial charge in [0.15, 0.2) is 0 Å². The van der Waals surface area contributed by atoms with Gasteiger partial charge in [-0.2, -0.15) is 0 Å². The first-order chi connectivity index (χ1) is 6.93. The van der Waals surface area contributed by atoms with Gasteiger partial charge in [0.1, 0.15) is 4.84 Å². The van der Waals surface area contributed by atoms with Gasteiger partial charge in [-0.15, -0.1) is 23.2 Å². The maximum atomic E-state index is 10.5. The van der Waals surface area contributed by atoms with Crippen molar-refractivity contribution in [1.82, 2.24) is 0 Å². The van der Waals surface area contributed by atoms with E-state index in [1.54, 1.807) is 13.8 Å². The molecule has 0 heterocycles. The summed E-state index contributed by atoms with van der Waals surface area (Å²) in [7, 11) is 0. The van der Waals surface area contributed by atoms with Crippen molar-refractivity contribution in [3.05, 3.63) is 0 Å². The van der Waals surface area contributed by atoms with E-state index in [0.29, 0.717) is 13.2 Å². The van der Waals surface area contributed by atoms with Gasteiger partial charge in [0.05, 0.1) is 19.6 Å². The van der Waals surface area contributed by atoms with Gasteiger partial charge in [0.2, 0.25) is 0 Å². The van der Waals surface area contributed by atoms with Crippen molar-refractivity contribution in [3.63, 3.8) is 0 Å². The highest BCUT2D eigenvalue weighted by Gasteiger charge is 2.06. The Morgan fingerprint density at radius 3 is 1.80 bits per heavy atom. The first-order valence-electron chi connectivity index (χ1n) is 4.51. The molecule has 0 atom stereocenters. The summed E-state index contributed by atoms with van der Waals surface area (Å²) in [5.41, 5.74) is 0. The normalized spacial score (nSPS) is 8.93. The molecule has 0 bridgehead atoms. The maximum Gasteiger partial charge on any atom is 0.308 e. The SMILES string of the molecule is CCOC(=O)CC(Cl)Cl.CCOC(C)=O. The van der Waals surface area contributed by atoms with E-state index in [1.165, 1.54) is 6.92 Å². The van der Waals surface area contributed by atoms with Crippen molar-refractivity contribution >= 4 is 35.1 Å². The minimum absolute atomic E-state index is 0.0664. The number of carbonyl (C=O) groups excluding carboxylic acids is 2. The molecule has 0 N–H and O–H groups in total. The number of hydrogen-bond acceptors (Lipinski definition) is 4. The van der Waals surface area contributed by atoms with E-state index in [2.05, 4.69) is 9.47 Å². The molecule has 0 saturated heterocycles. The van der Waals surface area contributed by atoms with Crippen LogP contribution in [0.1, 0.15) is 27.2 Å². The largest absolute Gasteiger partial charge is 0.466 e. The first kappa shape index (κ1) is 16.9. The average molecular weight is 259 g/mol. The van der Waals surface area contributed by atoms with Crippen molar-refractivity contribution in [1.29, 1.82) is 0 Å². The molecule has 0 saturated carbocycles. The second-order valence-electron chi connectivity index (χ2n) is 2.32. The van der Waals surface area contributed by atoms with E-state index in [9.17, 15) is 9.59 Å². The molecular weight excluding hydrogens is 243 g/mol. The molecule has 90 valence electrons. The number of halogens is 2. The van der Waals surface area contributed by atoms with Crippen LogP contribution in [0.3, 0.4) is 0 Å². The van der Waals surface area contributed by atoms with Gasteiger partial charge >= 0.3 is 11.9 Å². The molecule has 4 nitrogen and oxygen atoms in total. The lowest BCUT2D eigenvalue weighted by Gasteiger charge is -1.99. The topological polar surface area (TPSA) is 52.6 Å². The molecule has 0 aromatic heterocycles. The maximum absolute atomic E-state index is 10.5. The fraction of sp³-hybridized carbons (Fsp3) is 0.778. The second kappa shape index (κ2) is 11.6. The molecule has 0 radical (unpaired) electrons. The smallest absolute Gasteiger partial charge is 0.308 e. The quantitative estimate of drug-likeness (QED) is 0.574. The van der Waals surface area contributed by atoms with Crippen LogP contribution in [0.4, 0.5) is 0 Å². The van der Waals surface area contributed by atoms with Crippen molar-refractivity contribution in [2.45, 2.75) is 32.0 Å². The van der Waals surface area contributed by atoms with Crippen molar-refractivity contribution < 1.29 is 19.1 Å². The van der Waals surface area contributed by atoms with Gasteiger partial charge < -0.3 is 9.47 Å². The number of ether oxygens (including phenoxy) is 2. The fourth-order valence-electron chi connectivity index (χ4n) is 0.549. The zero-order valence-electron chi connectivity index (χ0n) is 9.09. The van der Waals surface area contributed by atoms with E-state index in [-0.39, 0.29) is 18.4 Å². The van der Waals surface area contributed by atoms with Crippen molar-refractivity contribution in [2.24, 2.45) is 0 Å². The van der Waals surface area contributed by atoms with E-state index in [0.717, 1.165) is 0 Å². The summed E-state index contributed by atoms with van der Waals surface area (Å²) in [5.74, 6) is -0.565. The molecule has 6 heteroatoms. The monoisotopic (exact) mass is 258 g/mol. The summed E-state index contributed by atoms with van der Waals surface area (Å²) in [5, 5.41) is 0. The predicted octanol–water partition coefficient (Wildman–Crippen LogP) is 2.31.